The monoisotopic (exact) mass is 264 g/mol. The van der Waals surface area contributed by atoms with Gasteiger partial charge < -0.3 is 9.84 Å². The summed E-state index contributed by atoms with van der Waals surface area (Å²) in [6.07, 6.45) is -0.999. The fraction of sp³-hybridized carbons (Fsp3) is 0.200. The van der Waals surface area contributed by atoms with E-state index in [1.54, 1.807) is 13.0 Å². The molecule has 0 aliphatic carbocycles. The summed E-state index contributed by atoms with van der Waals surface area (Å²) in [5, 5.41) is 10.2. The third kappa shape index (κ3) is 2.74. The maximum Gasteiger partial charge on any atom is 0.165 e. The summed E-state index contributed by atoms with van der Waals surface area (Å²) in [6, 6.07) is 8.34. The Hall–Kier alpha value is -1.94. The van der Waals surface area contributed by atoms with Crippen molar-refractivity contribution in [2.45, 2.75) is 13.0 Å². The largest absolute Gasteiger partial charge is 0.494 e. The number of aliphatic hydroxyl groups is 1. The third-order valence-corrected chi connectivity index (χ3v) is 3.02. The smallest absolute Gasteiger partial charge is 0.165 e. The summed E-state index contributed by atoms with van der Waals surface area (Å²) in [6.45, 7) is 1.70. The Morgan fingerprint density at radius 3 is 2.42 bits per heavy atom. The number of benzene rings is 2. The summed E-state index contributed by atoms with van der Waals surface area (Å²) < 4.78 is 31.4. The number of methoxy groups -OCH3 is 1. The van der Waals surface area contributed by atoms with Gasteiger partial charge in [-0.25, -0.2) is 8.78 Å². The molecule has 0 saturated carbocycles. The minimum atomic E-state index is -0.999. The zero-order valence-electron chi connectivity index (χ0n) is 10.7. The van der Waals surface area contributed by atoms with E-state index in [2.05, 4.69) is 0 Å². The van der Waals surface area contributed by atoms with Crippen molar-refractivity contribution in [3.63, 3.8) is 0 Å². The van der Waals surface area contributed by atoms with Crippen LogP contribution >= 0.6 is 0 Å². The molecule has 2 aromatic rings. The van der Waals surface area contributed by atoms with Crippen molar-refractivity contribution in [3.05, 3.63) is 64.7 Å². The van der Waals surface area contributed by atoms with Crippen molar-refractivity contribution in [2.24, 2.45) is 0 Å². The number of halogens is 2. The first-order chi connectivity index (χ1) is 9.02. The Labute approximate surface area is 110 Å². The van der Waals surface area contributed by atoms with E-state index in [9.17, 15) is 13.9 Å². The number of hydrogen-bond acceptors (Lipinski definition) is 2. The van der Waals surface area contributed by atoms with Crippen LogP contribution in [0.5, 0.6) is 5.75 Å². The SMILES string of the molecule is COc1ccc(C(O)c2ccc(F)cc2C)cc1F. The lowest BCUT2D eigenvalue weighted by molar-refractivity contribution is 0.218. The van der Waals surface area contributed by atoms with Crippen LogP contribution in [-0.4, -0.2) is 12.2 Å². The van der Waals surface area contributed by atoms with E-state index in [1.807, 2.05) is 0 Å². The van der Waals surface area contributed by atoms with Crippen molar-refractivity contribution in [2.75, 3.05) is 7.11 Å². The molecule has 2 aromatic carbocycles. The molecule has 0 aliphatic rings. The van der Waals surface area contributed by atoms with Crippen LogP contribution in [0.2, 0.25) is 0 Å². The second-order valence-corrected chi connectivity index (χ2v) is 4.30. The quantitative estimate of drug-likeness (QED) is 0.921. The lowest BCUT2D eigenvalue weighted by atomic mass is 9.97. The van der Waals surface area contributed by atoms with Gasteiger partial charge in [0.1, 0.15) is 11.9 Å². The number of ether oxygens (including phenoxy) is 1. The third-order valence-electron chi connectivity index (χ3n) is 3.02. The van der Waals surface area contributed by atoms with E-state index in [0.717, 1.165) is 0 Å². The topological polar surface area (TPSA) is 29.5 Å². The molecule has 0 heterocycles. The molecule has 1 N–H and O–H groups in total. The highest BCUT2D eigenvalue weighted by Gasteiger charge is 2.15. The van der Waals surface area contributed by atoms with Gasteiger partial charge in [-0.15, -0.1) is 0 Å². The van der Waals surface area contributed by atoms with E-state index in [-0.39, 0.29) is 11.6 Å². The van der Waals surface area contributed by atoms with Crippen LogP contribution in [0.15, 0.2) is 36.4 Å². The van der Waals surface area contributed by atoms with Gasteiger partial charge in [0.05, 0.1) is 7.11 Å². The van der Waals surface area contributed by atoms with E-state index >= 15 is 0 Å². The van der Waals surface area contributed by atoms with Gasteiger partial charge in [-0.3, -0.25) is 0 Å². The molecule has 0 bridgehead atoms. The molecule has 0 fully saturated rings. The Balaban J connectivity index is 2.38. The molecule has 2 rings (SSSR count). The molecule has 0 amide bonds. The second-order valence-electron chi connectivity index (χ2n) is 4.30. The Morgan fingerprint density at radius 1 is 1.11 bits per heavy atom. The van der Waals surface area contributed by atoms with Crippen molar-refractivity contribution < 1.29 is 18.6 Å². The van der Waals surface area contributed by atoms with E-state index in [1.165, 1.54) is 37.4 Å². The maximum atomic E-state index is 13.6. The van der Waals surface area contributed by atoms with E-state index in [0.29, 0.717) is 16.7 Å². The summed E-state index contributed by atoms with van der Waals surface area (Å²) >= 11 is 0. The van der Waals surface area contributed by atoms with Crippen molar-refractivity contribution in [3.8, 4) is 5.75 Å². The van der Waals surface area contributed by atoms with Crippen LogP contribution in [0.25, 0.3) is 0 Å². The molecule has 0 aliphatic heterocycles. The Bertz CT molecular complexity index is 597. The van der Waals surface area contributed by atoms with Gasteiger partial charge in [0.25, 0.3) is 0 Å². The zero-order chi connectivity index (χ0) is 14.0. The lowest BCUT2D eigenvalue weighted by Gasteiger charge is -2.15. The Kier molecular flexibility index (Phi) is 3.81. The average molecular weight is 264 g/mol. The maximum absolute atomic E-state index is 13.6. The van der Waals surface area contributed by atoms with Crippen molar-refractivity contribution >= 4 is 0 Å². The fourth-order valence-electron chi connectivity index (χ4n) is 1.98. The molecule has 0 radical (unpaired) electrons. The minimum absolute atomic E-state index is 0.117. The predicted molar refractivity (Wildman–Crippen MR) is 68.2 cm³/mol. The van der Waals surface area contributed by atoms with Crippen molar-refractivity contribution in [1.82, 2.24) is 0 Å². The Morgan fingerprint density at radius 2 is 1.84 bits per heavy atom. The lowest BCUT2D eigenvalue weighted by Crippen LogP contribution is -2.03. The summed E-state index contributed by atoms with van der Waals surface area (Å²) in [4.78, 5) is 0. The van der Waals surface area contributed by atoms with Crippen LogP contribution in [0, 0.1) is 18.6 Å². The number of hydrogen-bond donors (Lipinski definition) is 1. The van der Waals surface area contributed by atoms with Gasteiger partial charge in [-0.1, -0.05) is 12.1 Å². The highest BCUT2D eigenvalue weighted by atomic mass is 19.1. The van der Waals surface area contributed by atoms with Gasteiger partial charge in [-0.2, -0.15) is 0 Å². The highest BCUT2D eigenvalue weighted by Crippen LogP contribution is 2.28. The molecule has 19 heavy (non-hydrogen) atoms. The first-order valence-corrected chi connectivity index (χ1v) is 5.80. The first kappa shape index (κ1) is 13.5. The van der Waals surface area contributed by atoms with Gasteiger partial charge >= 0.3 is 0 Å². The normalized spacial score (nSPS) is 12.3. The summed E-state index contributed by atoms with van der Waals surface area (Å²) in [5.74, 6) is -0.792. The molecule has 0 aromatic heterocycles. The number of aliphatic hydroxyl groups excluding tert-OH is 1. The summed E-state index contributed by atoms with van der Waals surface area (Å²) in [5.41, 5.74) is 1.56. The molecule has 0 saturated heterocycles. The fourth-order valence-corrected chi connectivity index (χ4v) is 1.98. The van der Waals surface area contributed by atoms with Crippen LogP contribution in [0.4, 0.5) is 8.78 Å². The molecule has 100 valence electrons. The molecule has 1 atom stereocenters. The molecule has 1 unspecified atom stereocenters. The first-order valence-electron chi connectivity index (χ1n) is 5.80. The zero-order valence-corrected chi connectivity index (χ0v) is 10.7. The van der Waals surface area contributed by atoms with E-state index in [4.69, 9.17) is 4.74 Å². The van der Waals surface area contributed by atoms with Gasteiger partial charge in [-0.05, 0) is 47.9 Å². The van der Waals surface area contributed by atoms with Crippen LogP contribution in [0.1, 0.15) is 22.8 Å². The number of aryl methyl sites for hydroxylation is 1. The molecule has 4 heteroatoms. The standard InChI is InChI=1S/C15H14F2O2/c1-9-7-11(16)4-5-12(9)15(18)10-3-6-14(19-2)13(17)8-10/h3-8,15,18H,1-2H3. The van der Waals surface area contributed by atoms with Gasteiger partial charge in [0.15, 0.2) is 11.6 Å². The molecular formula is C15H14F2O2. The predicted octanol–water partition coefficient (Wildman–Crippen LogP) is 3.36. The molecular weight excluding hydrogens is 250 g/mol. The van der Waals surface area contributed by atoms with Crippen LogP contribution < -0.4 is 4.74 Å². The average Bonchev–Trinajstić information content (AvgIpc) is 2.38. The van der Waals surface area contributed by atoms with E-state index < -0.39 is 11.9 Å². The molecule has 2 nitrogen and oxygen atoms in total. The van der Waals surface area contributed by atoms with Gasteiger partial charge in [0.2, 0.25) is 0 Å². The van der Waals surface area contributed by atoms with Crippen molar-refractivity contribution in [1.29, 1.82) is 0 Å². The summed E-state index contributed by atoms with van der Waals surface area (Å²) in [7, 11) is 1.37. The molecule has 0 spiro atoms. The second kappa shape index (κ2) is 5.36. The minimum Gasteiger partial charge on any atom is -0.494 e. The number of rotatable bonds is 3. The van der Waals surface area contributed by atoms with Gasteiger partial charge in [0, 0.05) is 0 Å². The highest BCUT2D eigenvalue weighted by molar-refractivity contribution is 5.38. The van der Waals surface area contributed by atoms with Crippen LogP contribution in [-0.2, 0) is 0 Å². The van der Waals surface area contributed by atoms with Crippen LogP contribution in [0.3, 0.4) is 0 Å².